The molecule has 1 aliphatic rings. The molecular weight excluding hydrogens is 385 g/mol. The van der Waals surface area contributed by atoms with Crippen LogP contribution < -0.4 is 16.7 Å². The molecule has 1 saturated heterocycles. The lowest BCUT2D eigenvalue weighted by atomic mass is 10.1. The van der Waals surface area contributed by atoms with Crippen LogP contribution in [0.1, 0.15) is 19.1 Å². The number of anilines is 1. The van der Waals surface area contributed by atoms with Gasteiger partial charge in [-0.15, -0.1) is 0 Å². The Bertz CT molecular complexity index is 605. The van der Waals surface area contributed by atoms with Crippen molar-refractivity contribution in [1.82, 2.24) is 9.55 Å². The van der Waals surface area contributed by atoms with Gasteiger partial charge in [-0.3, -0.25) is 4.57 Å². The molecule has 6 atom stereocenters. The summed E-state index contributed by atoms with van der Waals surface area (Å²) in [5, 5.41) is 23.3. The zero-order chi connectivity index (χ0) is 18.4. The van der Waals surface area contributed by atoms with Crippen molar-refractivity contribution in [2.45, 2.75) is 37.4 Å². The molecule has 1 aromatic heterocycles. The number of nitrogens with one attached hydrogen (secondary N) is 1. The minimum absolute atomic E-state index is 0.121. The molecule has 0 aliphatic carbocycles. The van der Waals surface area contributed by atoms with Gasteiger partial charge in [-0.05, 0) is 25.5 Å². The summed E-state index contributed by atoms with van der Waals surface area (Å²) < 4.78 is 12.2. The number of aliphatic hydroxyl groups is 2. The molecule has 0 radical (unpaired) electrons. The second-order valence-corrected chi connectivity index (χ2v) is 11.4. The fourth-order valence-corrected chi connectivity index (χ4v) is 3.28. The molecule has 0 aromatic carbocycles. The maximum Gasteiger partial charge on any atom is 0.351 e. The van der Waals surface area contributed by atoms with Gasteiger partial charge in [0.25, 0.3) is 0 Å². The molecular formula is C13H25N4O5P3. The average Bonchev–Trinajstić information content (AvgIpc) is 2.85. The zero-order valence-corrected chi connectivity index (χ0v) is 16.9. The van der Waals surface area contributed by atoms with Gasteiger partial charge in [0, 0.05) is 12.7 Å². The average molecular weight is 410 g/mol. The highest BCUT2D eigenvalue weighted by molar-refractivity contribution is 8.41. The van der Waals surface area contributed by atoms with Crippen molar-refractivity contribution < 1.29 is 19.5 Å². The summed E-state index contributed by atoms with van der Waals surface area (Å²) in [6.07, 6.45) is -0.840. The molecule has 1 aliphatic heterocycles. The van der Waals surface area contributed by atoms with Crippen molar-refractivity contribution in [3.63, 3.8) is 0 Å². The van der Waals surface area contributed by atoms with Crippen molar-refractivity contribution in [1.29, 1.82) is 0 Å². The maximum atomic E-state index is 12.2. The van der Waals surface area contributed by atoms with E-state index in [4.69, 9.17) is 15.0 Å². The van der Waals surface area contributed by atoms with E-state index in [9.17, 15) is 15.0 Å². The summed E-state index contributed by atoms with van der Waals surface area (Å²) in [7, 11) is 4.22. The molecule has 2 rings (SSSR count). The molecule has 142 valence electrons. The number of nitrogens with zero attached hydrogens (tertiary/aromatic N) is 2. The van der Waals surface area contributed by atoms with Crippen LogP contribution in [0.2, 0.25) is 0 Å². The molecule has 0 spiro atoms. The van der Waals surface area contributed by atoms with E-state index >= 15 is 0 Å². The van der Waals surface area contributed by atoms with E-state index in [1.807, 2.05) is 0 Å². The van der Waals surface area contributed by atoms with Gasteiger partial charge in [0.1, 0.15) is 24.1 Å². The third-order valence-corrected chi connectivity index (χ3v) is 5.11. The van der Waals surface area contributed by atoms with Gasteiger partial charge in [-0.25, -0.2) is 4.79 Å². The summed E-state index contributed by atoms with van der Waals surface area (Å²) >= 11 is 0. The Morgan fingerprint density at radius 3 is 2.80 bits per heavy atom. The van der Waals surface area contributed by atoms with Gasteiger partial charge in [-0.2, -0.15) is 4.98 Å². The van der Waals surface area contributed by atoms with Gasteiger partial charge in [0.15, 0.2) is 6.23 Å². The van der Waals surface area contributed by atoms with Crippen LogP contribution in [0.25, 0.3) is 0 Å². The zero-order valence-electron chi connectivity index (χ0n) is 13.7. The topological polar surface area (TPSA) is 132 Å². The van der Waals surface area contributed by atoms with Gasteiger partial charge in [0.05, 0.1) is 14.1 Å². The lowest BCUT2D eigenvalue weighted by Crippen LogP contribution is -2.36. The van der Waals surface area contributed by atoms with E-state index in [1.165, 1.54) is 10.8 Å². The summed E-state index contributed by atoms with van der Waals surface area (Å²) in [6, 6.07) is 1.63. The van der Waals surface area contributed by atoms with Crippen molar-refractivity contribution in [3.8, 4) is 0 Å². The first-order valence-corrected chi connectivity index (χ1v) is 12.4. The summed E-state index contributed by atoms with van der Waals surface area (Å²) in [5.74, 6) is 0.447. The molecule has 25 heavy (non-hydrogen) atoms. The number of hydrogen-bond acceptors (Lipinski definition) is 8. The fourth-order valence-electron chi connectivity index (χ4n) is 2.45. The van der Waals surface area contributed by atoms with Crippen LogP contribution >= 0.6 is 25.4 Å². The summed E-state index contributed by atoms with van der Waals surface area (Å²) in [4.78, 5) is 16.2. The minimum Gasteiger partial charge on any atom is -0.387 e. The molecule has 5 N–H and O–H groups in total. The standard InChI is InChI=1S/C13H25N4O5P3/c14-4-1-2-5-15-9-3-6-17(13(20)16-9)12-11(19)10(18)8(22-12)7-21-25(23)24/h3,6,8,10-12,18-19H,1-2,4-5,7,14,23-24H2,(H,15,16,20)/t8-,10?,11+,12-/m1/s1. The molecule has 1 aromatic rings. The Morgan fingerprint density at radius 2 is 2.16 bits per heavy atom. The van der Waals surface area contributed by atoms with Crippen LogP contribution in [0.15, 0.2) is 17.1 Å². The SMILES string of the molecule is NCCCCNc1ccn([C@@H]2O[C@H](COP(P)P)C(O)[C@@H]2O)c(=O)n1. The van der Waals surface area contributed by atoms with Gasteiger partial charge >= 0.3 is 5.69 Å². The number of hydrogen-bond donors (Lipinski definition) is 4. The second kappa shape index (κ2) is 10.2. The van der Waals surface area contributed by atoms with Crippen molar-refractivity contribution in [3.05, 3.63) is 22.7 Å². The Balaban J connectivity index is 2.01. The van der Waals surface area contributed by atoms with E-state index < -0.39 is 37.8 Å². The number of nitrogens with two attached hydrogens (primary N) is 1. The normalized spacial score (nSPS) is 26.3. The third kappa shape index (κ3) is 5.88. The van der Waals surface area contributed by atoms with E-state index in [-0.39, 0.29) is 6.61 Å². The van der Waals surface area contributed by atoms with E-state index in [0.717, 1.165) is 12.8 Å². The quantitative estimate of drug-likeness (QED) is 0.331. The van der Waals surface area contributed by atoms with Crippen LogP contribution in [0.5, 0.6) is 0 Å². The number of unbranched alkanes of at least 4 members (excludes halogenated alkanes) is 1. The predicted molar refractivity (Wildman–Crippen MR) is 103 cm³/mol. The van der Waals surface area contributed by atoms with Gasteiger partial charge < -0.3 is 30.5 Å². The fraction of sp³-hybridized carbons (Fsp3) is 0.692. The summed E-state index contributed by atoms with van der Waals surface area (Å²) in [6.45, 7) is 1.41. The monoisotopic (exact) mass is 410 g/mol. The van der Waals surface area contributed by atoms with Crippen molar-refractivity contribution in [2.24, 2.45) is 5.73 Å². The lowest BCUT2D eigenvalue weighted by Gasteiger charge is -2.17. The van der Waals surface area contributed by atoms with Crippen LogP contribution in [-0.4, -0.2) is 57.8 Å². The Labute approximate surface area is 151 Å². The van der Waals surface area contributed by atoms with Gasteiger partial charge in [0.2, 0.25) is 0 Å². The summed E-state index contributed by atoms with van der Waals surface area (Å²) in [5.41, 5.74) is 4.86. The molecule has 1 fully saturated rings. The highest BCUT2D eigenvalue weighted by Gasteiger charge is 2.44. The van der Waals surface area contributed by atoms with Gasteiger partial charge in [-0.1, -0.05) is 17.9 Å². The number of aliphatic hydroxyl groups excluding tert-OH is 2. The number of aromatic nitrogens is 2. The smallest absolute Gasteiger partial charge is 0.351 e. The third-order valence-electron chi connectivity index (χ3n) is 3.77. The predicted octanol–water partition coefficient (Wildman–Crippen LogP) is 0.00700. The molecule has 3 unspecified atom stereocenters. The van der Waals surface area contributed by atoms with E-state index in [1.54, 1.807) is 6.07 Å². The molecule has 9 nitrogen and oxygen atoms in total. The second-order valence-electron chi connectivity index (χ2n) is 5.63. The minimum atomic E-state index is -1.24. The van der Waals surface area contributed by atoms with E-state index in [2.05, 4.69) is 28.2 Å². The lowest BCUT2D eigenvalue weighted by molar-refractivity contribution is -0.0499. The number of rotatable bonds is 9. The van der Waals surface area contributed by atoms with Crippen LogP contribution in [0.4, 0.5) is 5.82 Å². The Kier molecular flexibility index (Phi) is 8.59. The maximum absolute atomic E-state index is 12.2. The molecule has 0 amide bonds. The van der Waals surface area contributed by atoms with Crippen LogP contribution in [0.3, 0.4) is 0 Å². The first kappa shape index (κ1) is 21.1. The number of ether oxygens (including phenoxy) is 1. The molecule has 0 saturated carbocycles. The van der Waals surface area contributed by atoms with Crippen molar-refractivity contribution >= 4 is 31.2 Å². The molecule has 12 heteroatoms. The first-order valence-electron chi connectivity index (χ1n) is 7.91. The molecule has 0 bridgehead atoms. The van der Waals surface area contributed by atoms with Crippen LogP contribution in [-0.2, 0) is 9.26 Å². The highest BCUT2D eigenvalue weighted by atomic mass is 32.4. The van der Waals surface area contributed by atoms with Crippen LogP contribution in [0, 0.1) is 0 Å². The molecule has 2 heterocycles. The Hall–Kier alpha value is -0.230. The Morgan fingerprint density at radius 1 is 1.40 bits per heavy atom. The first-order chi connectivity index (χ1) is 11.9. The van der Waals surface area contributed by atoms with E-state index in [0.29, 0.717) is 18.9 Å². The largest absolute Gasteiger partial charge is 0.387 e. The highest BCUT2D eigenvalue weighted by Crippen LogP contribution is 2.53. The van der Waals surface area contributed by atoms with Crippen molar-refractivity contribution in [2.75, 3.05) is 25.0 Å².